The van der Waals surface area contributed by atoms with Crippen LogP contribution in [0.25, 0.3) is 0 Å². The SMILES string of the molecule is N#Cc1cccnc1C#CCCO. The summed E-state index contributed by atoms with van der Waals surface area (Å²) in [6.45, 7) is 0.0295. The molecule has 0 saturated carbocycles. The third-order valence-corrected chi connectivity index (χ3v) is 1.37. The summed E-state index contributed by atoms with van der Waals surface area (Å²) in [5, 5.41) is 17.2. The van der Waals surface area contributed by atoms with Gasteiger partial charge in [-0.1, -0.05) is 5.92 Å². The topological polar surface area (TPSA) is 56.9 Å². The van der Waals surface area contributed by atoms with E-state index in [0.717, 1.165) is 0 Å². The Hall–Kier alpha value is -1.84. The Bertz CT molecular complexity index is 382. The normalized spacial score (nSPS) is 8.31. The first-order chi connectivity index (χ1) is 6.38. The highest BCUT2D eigenvalue weighted by Crippen LogP contribution is 2.00. The highest BCUT2D eigenvalue weighted by molar-refractivity contribution is 5.42. The van der Waals surface area contributed by atoms with E-state index in [-0.39, 0.29) is 6.61 Å². The van der Waals surface area contributed by atoms with Crippen molar-refractivity contribution in [2.75, 3.05) is 6.61 Å². The van der Waals surface area contributed by atoms with Gasteiger partial charge in [0.15, 0.2) is 0 Å². The van der Waals surface area contributed by atoms with Gasteiger partial charge in [-0.15, -0.1) is 0 Å². The van der Waals surface area contributed by atoms with Crippen LogP contribution in [-0.4, -0.2) is 16.7 Å². The first-order valence-electron chi connectivity index (χ1n) is 3.83. The van der Waals surface area contributed by atoms with Gasteiger partial charge in [0, 0.05) is 12.6 Å². The van der Waals surface area contributed by atoms with Crippen molar-refractivity contribution in [3.63, 3.8) is 0 Å². The average molecular weight is 172 g/mol. The number of nitriles is 1. The number of aromatic nitrogens is 1. The Morgan fingerprint density at radius 2 is 2.38 bits per heavy atom. The maximum absolute atomic E-state index is 8.67. The van der Waals surface area contributed by atoms with Crippen LogP contribution in [0.2, 0.25) is 0 Å². The zero-order valence-electron chi connectivity index (χ0n) is 6.99. The lowest BCUT2D eigenvalue weighted by Crippen LogP contribution is -1.87. The summed E-state index contributed by atoms with van der Waals surface area (Å²) >= 11 is 0. The van der Waals surface area contributed by atoms with Gasteiger partial charge >= 0.3 is 0 Å². The van der Waals surface area contributed by atoms with Crippen LogP contribution < -0.4 is 0 Å². The Kier molecular flexibility index (Phi) is 3.50. The highest BCUT2D eigenvalue weighted by atomic mass is 16.2. The fourth-order valence-corrected chi connectivity index (χ4v) is 0.797. The number of aliphatic hydroxyl groups excluding tert-OH is 1. The van der Waals surface area contributed by atoms with Crippen LogP contribution in [0.5, 0.6) is 0 Å². The molecule has 3 heteroatoms. The molecule has 3 nitrogen and oxygen atoms in total. The Morgan fingerprint density at radius 3 is 3.08 bits per heavy atom. The molecule has 1 aromatic heterocycles. The van der Waals surface area contributed by atoms with E-state index < -0.39 is 0 Å². The minimum absolute atomic E-state index is 0.0295. The van der Waals surface area contributed by atoms with Crippen LogP contribution in [0.3, 0.4) is 0 Å². The molecule has 0 aliphatic carbocycles. The van der Waals surface area contributed by atoms with Gasteiger partial charge in [0.05, 0.1) is 12.2 Å². The maximum Gasteiger partial charge on any atom is 0.130 e. The fraction of sp³-hybridized carbons (Fsp3) is 0.200. The summed E-state index contributed by atoms with van der Waals surface area (Å²) in [5.41, 5.74) is 0.936. The van der Waals surface area contributed by atoms with Gasteiger partial charge in [-0.25, -0.2) is 4.98 Å². The molecule has 0 saturated heterocycles. The van der Waals surface area contributed by atoms with Gasteiger partial charge in [-0.05, 0) is 18.1 Å². The molecule has 0 aromatic carbocycles. The molecule has 0 amide bonds. The second kappa shape index (κ2) is 4.92. The first-order valence-corrected chi connectivity index (χ1v) is 3.83. The molecule has 0 atom stereocenters. The van der Waals surface area contributed by atoms with Crippen molar-refractivity contribution in [3.05, 3.63) is 29.6 Å². The van der Waals surface area contributed by atoms with E-state index in [9.17, 15) is 0 Å². The van der Waals surface area contributed by atoms with Crippen molar-refractivity contribution in [2.45, 2.75) is 6.42 Å². The van der Waals surface area contributed by atoms with Crippen molar-refractivity contribution in [2.24, 2.45) is 0 Å². The molecule has 64 valence electrons. The molecular weight excluding hydrogens is 164 g/mol. The van der Waals surface area contributed by atoms with E-state index in [1.54, 1.807) is 18.3 Å². The predicted octanol–water partition coefficient (Wildman–Crippen LogP) is 0.687. The molecule has 0 radical (unpaired) electrons. The van der Waals surface area contributed by atoms with Crippen molar-refractivity contribution in [1.82, 2.24) is 4.98 Å². The van der Waals surface area contributed by atoms with Gasteiger partial charge in [0.2, 0.25) is 0 Å². The van der Waals surface area contributed by atoms with Gasteiger partial charge in [-0.3, -0.25) is 0 Å². The van der Waals surface area contributed by atoms with E-state index in [1.807, 2.05) is 6.07 Å². The molecule has 1 rings (SSSR count). The second-order valence-electron chi connectivity index (χ2n) is 2.29. The first kappa shape index (κ1) is 9.25. The molecule has 0 bridgehead atoms. The maximum atomic E-state index is 8.67. The summed E-state index contributed by atoms with van der Waals surface area (Å²) in [4.78, 5) is 3.94. The third-order valence-electron chi connectivity index (χ3n) is 1.37. The van der Waals surface area contributed by atoms with E-state index in [2.05, 4.69) is 16.8 Å². The van der Waals surface area contributed by atoms with Gasteiger partial charge in [0.25, 0.3) is 0 Å². The zero-order chi connectivity index (χ0) is 9.52. The molecule has 13 heavy (non-hydrogen) atoms. The zero-order valence-corrected chi connectivity index (χ0v) is 6.99. The summed E-state index contributed by atoms with van der Waals surface area (Å²) in [6.07, 6.45) is 1.99. The summed E-state index contributed by atoms with van der Waals surface area (Å²) in [7, 11) is 0. The third kappa shape index (κ3) is 2.59. The lowest BCUT2D eigenvalue weighted by atomic mass is 10.2. The number of hydrogen-bond donors (Lipinski definition) is 1. The van der Waals surface area contributed by atoms with E-state index >= 15 is 0 Å². The second-order valence-corrected chi connectivity index (χ2v) is 2.29. The van der Waals surface area contributed by atoms with Crippen molar-refractivity contribution in [1.29, 1.82) is 5.26 Å². The molecule has 1 N–H and O–H groups in total. The lowest BCUT2D eigenvalue weighted by Gasteiger charge is -1.90. The van der Waals surface area contributed by atoms with E-state index in [4.69, 9.17) is 10.4 Å². The molecule has 0 aliphatic rings. The molecule has 1 aromatic rings. The molecule has 0 aliphatic heterocycles. The number of aliphatic hydroxyl groups is 1. The lowest BCUT2D eigenvalue weighted by molar-refractivity contribution is 0.305. The predicted molar refractivity (Wildman–Crippen MR) is 47.5 cm³/mol. The van der Waals surface area contributed by atoms with Gasteiger partial charge < -0.3 is 5.11 Å². The van der Waals surface area contributed by atoms with Crippen molar-refractivity contribution in [3.8, 4) is 17.9 Å². The van der Waals surface area contributed by atoms with Crippen molar-refractivity contribution >= 4 is 0 Å². The summed E-state index contributed by atoms with van der Waals surface area (Å²) in [6, 6.07) is 5.35. The van der Waals surface area contributed by atoms with Gasteiger partial charge in [0.1, 0.15) is 11.8 Å². The Labute approximate surface area is 76.7 Å². The molecule has 0 unspecified atom stereocenters. The van der Waals surface area contributed by atoms with Crippen LogP contribution in [0.1, 0.15) is 17.7 Å². The van der Waals surface area contributed by atoms with Crippen LogP contribution in [0.4, 0.5) is 0 Å². The monoisotopic (exact) mass is 172 g/mol. The van der Waals surface area contributed by atoms with Crippen LogP contribution in [-0.2, 0) is 0 Å². The van der Waals surface area contributed by atoms with E-state index in [1.165, 1.54) is 0 Å². The van der Waals surface area contributed by atoms with Crippen molar-refractivity contribution < 1.29 is 5.11 Å². The largest absolute Gasteiger partial charge is 0.395 e. The minimum atomic E-state index is 0.0295. The summed E-state index contributed by atoms with van der Waals surface area (Å²) in [5.74, 6) is 5.43. The Morgan fingerprint density at radius 1 is 1.54 bits per heavy atom. The minimum Gasteiger partial charge on any atom is -0.395 e. The number of rotatable bonds is 1. The van der Waals surface area contributed by atoms with Gasteiger partial charge in [-0.2, -0.15) is 5.26 Å². The molecular formula is C10H8N2O. The standard InChI is InChI=1S/C10H8N2O/c11-8-9-4-3-6-12-10(9)5-1-2-7-13/h3-4,6,13H,2,7H2. The Balaban J connectivity index is 2.91. The fourth-order valence-electron chi connectivity index (χ4n) is 0.797. The number of hydrogen-bond acceptors (Lipinski definition) is 3. The average Bonchev–Trinajstić information content (AvgIpc) is 2.19. The van der Waals surface area contributed by atoms with Crippen LogP contribution in [0, 0.1) is 23.2 Å². The quantitative estimate of drug-likeness (QED) is 0.634. The van der Waals surface area contributed by atoms with Crippen LogP contribution >= 0.6 is 0 Å². The smallest absolute Gasteiger partial charge is 0.130 e. The summed E-state index contributed by atoms with van der Waals surface area (Å²) < 4.78 is 0. The van der Waals surface area contributed by atoms with E-state index in [0.29, 0.717) is 17.7 Å². The molecule has 0 spiro atoms. The number of nitrogens with zero attached hydrogens (tertiary/aromatic N) is 2. The molecule has 0 fully saturated rings. The van der Waals surface area contributed by atoms with Crippen LogP contribution in [0.15, 0.2) is 18.3 Å². The molecule has 1 heterocycles. The highest BCUT2D eigenvalue weighted by Gasteiger charge is 1.96. The number of pyridine rings is 1.